The predicted molar refractivity (Wildman–Crippen MR) is 64.0 cm³/mol. The minimum absolute atomic E-state index is 0.101. The van der Waals surface area contributed by atoms with Crippen molar-refractivity contribution in [3.8, 4) is 10.7 Å². The molecule has 0 aliphatic heterocycles. The Morgan fingerprint density at radius 2 is 2.21 bits per heavy atom. The number of aromatic nitrogens is 3. The quantitative estimate of drug-likeness (QED) is 0.812. The molecule has 0 atom stereocenters. The molecule has 0 radical (unpaired) electrons. The summed E-state index contributed by atoms with van der Waals surface area (Å²) in [6.07, 6.45) is -1.59. The van der Waals surface area contributed by atoms with E-state index in [1.165, 1.54) is 10.9 Å². The maximum Gasteiger partial charge on any atom is 0.434 e. The first-order valence-corrected chi connectivity index (χ1v) is 6.39. The minimum atomic E-state index is -4.48. The van der Waals surface area contributed by atoms with Crippen molar-refractivity contribution in [1.82, 2.24) is 14.8 Å². The van der Waals surface area contributed by atoms with Gasteiger partial charge in [0.2, 0.25) is 0 Å². The Labute approximate surface area is 110 Å². The minimum Gasteiger partial charge on any atom is -0.298 e. The van der Waals surface area contributed by atoms with Crippen LogP contribution in [0.3, 0.4) is 0 Å². The maximum atomic E-state index is 12.5. The van der Waals surface area contributed by atoms with E-state index in [1.807, 2.05) is 6.92 Å². The summed E-state index contributed by atoms with van der Waals surface area (Å²) in [6, 6.07) is 0. The summed E-state index contributed by atoms with van der Waals surface area (Å²) in [7, 11) is 0. The van der Waals surface area contributed by atoms with Gasteiger partial charge in [-0.25, -0.2) is 4.98 Å². The molecule has 2 rings (SSSR count). The molecule has 102 valence electrons. The van der Waals surface area contributed by atoms with Crippen LogP contribution in [-0.2, 0) is 12.7 Å². The van der Waals surface area contributed by atoms with Crippen molar-refractivity contribution in [3.05, 3.63) is 22.8 Å². The van der Waals surface area contributed by atoms with Gasteiger partial charge in [-0.3, -0.25) is 9.48 Å². The zero-order chi connectivity index (χ0) is 14.0. The first-order chi connectivity index (χ1) is 8.95. The second-order valence-corrected chi connectivity index (χ2v) is 4.71. The molecule has 0 saturated carbocycles. The Balaban J connectivity index is 2.40. The zero-order valence-electron chi connectivity index (χ0n) is 9.94. The number of rotatable bonds is 4. The van der Waals surface area contributed by atoms with Crippen molar-refractivity contribution in [3.63, 3.8) is 0 Å². The van der Waals surface area contributed by atoms with E-state index in [1.54, 1.807) is 0 Å². The summed E-state index contributed by atoms with van der Waals surface area (Å²) < 4.78 is 39.0. The van der Waals surface area contributed by atoms with Crippen molar-refractivity contribution in [2.45, 2.75) is 26.1 Å². The molecule has 0 aliphatic rings. The van der Waals surface area contributed by atoms with E-state index < -0.39 is 11.9 Å². The van der Waals surface area contributed by atoms with Gasteiger partial charge in [-0.2, -0.15) is 18.3 Å². The highest BCUT2D eigenvalue weighted by Crippen LogP contribution is 2.33. The molecule has 2 heterocycles. The molecule has 0 N–H and O–H groups in total. The van der Waals surface area contributed by atoms with Gasteiger partial charge in [0.1, 0.15) is 10.7 Å². The molecule has 0 unspecified atom stereocenters. The van der Waals surface area contributed by atoms with E-state index >= 15 is 0 Å². The number of thiazole rings is 1. The summed E-state index contributed by atoms with van der Waals surface area (Å²) in [6.45, 7) is 2.53. The second-order valence-electron chi connectivity index (χ2n) is 3.85. The van der Waals surface area contributed by atoms with Crippen molar-refractivity contribution < 1.29 is 18.0 Å². The highest BCUT2D eigenvalue weighted by atomic mass is 32.1. The highest BCUT2D eigenvalue weighted by molar-refractivity contribution is 7.13. The largest absolute Gasteiger partial charge is 0.434 e. The van der Waals surface area contributed by atoms with Gasteiger partial charge in [0, 0.05) is 18.1 Å². The first-order valence-electron chi connectivity index (χ1n) is 5.51. The standard InChI is InChI=1S/C11H10F3N3OS/c1-2-3-17-4-7(5-18)9(16-17)10-15-8(6-19-10)11(12,13)14/h4-6H,2-3H2,1H3. The van der Waals surface area contributed by atoms with Crippen molar-refractivity contribution in [2.24, 2.45) is 0 Å². The topological polar surface area (TPSA) is 47.8 Å². The SMILES string of the molecule is CCCn1cc(C=O)c(-c2nc(C(F)(F)F)cs2)n1. The maximum absolute atomic E-state index is 12.5. The lowest BCUT2D eigenvalue weighted by Gasteiger charge is -1.99. The average molecular weight is 289 g/mol. The Morgan fingerprint density at radius 3 is 2.74 bits per heavy atom. The number of carbonyl (C=O) groups excluding carboxylic acids is 1. The van der Waals surface area contributed by atoms with E-state index in [-0.39, 0.29) is 16.3 Å². The molecular formula is C11H10F3N3OS. The van der Waals surface area contributed by atoms with Crippen LogP contribution in [0.1, 0.15) is 29.4 Å². The van der Waals surface area contributed by atoms with Crippen molar-refractivity contribution >= 4 is 17.6 Å². The van der Waals surface area contributed by atoms with E-state index in [2.05, 4.69) is 10.1 Å². The number of aldehydes is 1. The van der Waals surface area contributed by atoms with E-state index in [9.17, 15) is 18.0 Å². The van der Waals surface area contributed by atoms with Crippen LogP contribution >= 0.6 is 11.3 Å². The number of alkyl halides is 3. The smallest absolute Gasteiger partial charge is 0.298 e. The number of nitrogens with zero attached hydrogens (tertiary/aromatic N) is 3. The van der Waals surface area contributed by atoms with Gasteiger partial charge in [0.15, 0.2) is 12.0 Å². The number of carbonyl (C=O) groups is 1. The van der Waals surface area contributed by atoms with Crippen molar-refractivity contribution in [2.75, 3.05) is 0 Å². The predicted octanol–water partition coefficient (Wildman–Crippen LogP) is 3.25. The number of aryl methyl sites for hydroxylation is 1. The van der Waals surface area contributed by atoms with E-state index in [4.69, 9.17) is 0 Å². The van der Waals surface area contributed by atoms with Crippen LogP contribution in [0, 0.1) is 0 Å². The van der Waals surface area contributed by atoms with Crippen LogP contribution in [0.25, 0.3) is 10.7 Å². The molecular weight excluding hydrogens is 279 g/mol. The van der Waals surface area contributed by atoms with Gasteiger partial charge in [0.05, 0.1) is 5.56 Å². The fourth-order valence-corrected chi connectivity index (χ4v) is 2.38. The van der Waals surface area contributed by atoms with Crippen LogP contribution < -0.4 is 0 Å². The third-order valence-corrected chi connectivity index (χ3v) is 3.22. The fraction of sp³-hybridized carbons (Fsp3) is 0.364. The lowest BCUT2D eigenvalue weighted by molar-refractivity contribution is -0.140. The molecule has 2 aromatic rings. The summed E-state index contributed by atoms with van der Waals surface area (Å²) >= 11 is 0.825. The molecule has 2 aromatic heterocycles. The first kappa shape index (κ1) is 13.7. The summed E-state index contributed by atoms with van der Waals surface area (Å²) in [4.78, 5) is 14.4. The van der Waals surface area contributed by atoms with Gasteiger partial charge < -0.3 is 0 Å². The number of halogens is 3. The van der Waals surface area contributed by atoms with Crippen LogP contribution in [0.15, 0.2) is 11.6 Å². The average Bonchev–Trinajstić information content (AvgIpc) is 2.93. The molecule has 0 spiro atoms. The van der Waals surface area contributed by atoms with E-state index in [0.717, 1.165) is 23.1 Å². The highest BCUT2D eigenvalue weighted by Gasteiger charge is 2.34. The third kappa shape index (κ3) is 2.83. The van der Waals surface area contributed by atoms with Crippen LogP contribution in [0.2, 0.25) is 0 Å². The summed E-state index contributed by atoms with van der Waals surface area (Å²) in [5, 5.41) is 5.12. The molecule has 0 aromatic carbocycles. The molecule has 0 bridgehead atoms. The van der Waals surface area contributed by atoms with Gasteiger partial charge in [-0.1, -0.05) is 6.92 Å². The normalized spacial score (nSPS) is 11.8. The third-order valence-electron chi connectivity index (χ3n) is 2.37. The Hall–Kier alpha value is -1.70. The molecule has 19 heavy (non-hydrogen) atoms. The molecule has 4 nitrogen and oxygen atoms in total. The number of hydrogen-bond acceptors (Lipinski definition) is 4. The molecule has 0 amide bonds. The van der Waals surface area contributed by atoms with Gasteiger partial charge in [-0.15, -0.1) is 11.3 Å². The zero-order valence-corrected chi connectivity index (χ0v) is 10.8. The van der Waals surface area contributed by atoms with E-state index in [0.29, 0.717) is 12.8 Å². The van der Waals surface area contributed by atoms with Gasteiger partial charge in [-0.05, 0) is 6.42 Å². The van der Waals surface area contributed by atoms with Crippen LogP contribution in [-0.4, -0.2) is 21.1 Å². The molecule has 8 heteroatoms. The lowest BCUT2D eigenvalue weighted by Crippen LogP contribution is -2.05. The summed E-state index contributed by atoms with van der Waals surface area (Å²) in [5.74, 6) is 0. The molecule has 0 saturated heterocycles. The Morgan fingerprint density at radius 1 is 1.47 bits per heavy atom. The molecule has 0 aliphatic carbocycles. The van der Waals surface area contributed by atoms with Gasteiger partial charge in [0.25, 0.3) is 0 Å². The second kappa shape index (κ2) is 5.12. The Bertz CT molecular complexity index is 588. The van der Waals surface area contributed by atoms with Crippen molar-refractivity contribution in [1.29, 1.82) is 0 Å². The monoisotopic (exact) mass is 289 g/mol. The lowest BCUT2D eigenvalue weighted by atomic mass is 10.3. The fourth-order valence-electron chi connectivity index (χ4n) is 1.55. The number of hydrogen-bond donors (Lipinski definition) is 0. The van der Waals surface area contributed by atoms with Crippen LogP contribution in [0.4, 0.5) is 13.2 Å². The summed E-state index contributed by atoms with van der Waals surface area (Å²) in [5.41, 5.74) is -0.519. The van der Waals surface area contributed by atoms with Crippen LogP contribution in [0.5, 0.6) is 0 Å². The molecule has 0 fully saturated rings. The Kier molecular flexibility index (Phi) is 3.70. The van der Waals surface area contributed by atoms with Gasteiger partial charge >= 0.3 is 6.18 Å².